The average Bonchev–Trinajstić information content (AvgIpc) is 3.46. The molecule has 14 heteroatoms. The number of nitro benzene ring substituents is 1. The number of pyridine rings is 1. The number of rotatable bonds is 9. The molecule has 0 aliphatic carbocycles. The Morgan fingerprint density at radius 1 is 1.05 bits per heavy atom. The van der Waals surface area contributed by atoms with Crippen molar-refractivity contribution in [2.75, 3.05) is 30.1 Å². The van der Waals surface area contributed by atoms with Crippen LogP contribution in [0, 0.1) is 24.0 Å². The van der Waals surface area contributed by atoms with Gasteiger partial charge in [0.2, 0.25) is 10.0 Å². The Kier molecular flexibility index (Phi) is 7.99. The second-order valence-electron chi connectivity index (χ2n) is 10.0. The smallest absolute Gasteiger partial charge is 0.271 e. The van der Waals surface area contributed by atoms with Crippen molar-refractivity contribution in [1.82, 2.24) is 14.9 Å². The fourth-order valence-electron chi connectivity index (χ4n) is 5.50. The normalized spacial score (nSPS) is 16.6. The van der Waals surface area contributed by atoms with Crippen molar-refractivity contribution < 1.29 is 22.8 Å². The standard InChI is InChI=1S/C29H30N6O6S2/c1-17-14-21(18(2)33(17)24-16-20(35(36)37)10-12-26(24)41-4)28-27(22-8-6-7-13-30-22)31-29(42)34(28)19-9-11-25(40-3)23(15-19)32-43(5,38)39/h6-16,27-28,32H,1-5H3,(H,31,42)/t27-,28-/m1/s1. The average molecular weight is 623 g/mol. The molecular weight excluding hydrogens is 592 g/mol. The highest BCUT2D eigenvalue weighted by Crippen LogP contribution is 2.45. The highest BCUT2D eigenvalue weighted by molar-refractivity contribution is 7.92. The van der Waals surface area contributed by atoms with Gasteiger partial charge in [0.15, 0.2) is 5.11 Å². The van der Waals surface area contributed by atoms with Gasteiger partial charge in [0.05, 0.1) is 54.6 Å². The van der Waals surface area contributed by atoms with E-state index in [9.17, 15) is 18.5 Å². The molecule has 5 rings (SSSR count). The molecule has 12 nitrogen and oxygen atoms in total. The van der Waals surface area contributed by atoms with E-state index in [4.69, 9.17) is 21.7 Å². The number of thiocarbonyl (C=S) groups is 1. The quantitative estimate of drug-likeness (QED) is 0.149. The van der Waals surface area contributed by atoms with Crippen LogP contribution in [0.2, 0.25) is 0 Å². The van der Waals surface area contributed by atoms with E-state index in [1.54, 1.807) is 30.5 Å². The number of hydrogen-bond donors (Lipinski definition) is 2. The highest BCUT2D eigenvalue weighted by atomic mass is 32.2. The Morgan fingerprint density at radius 3 is 2.40 bits per heavy atom. The molecule has 2 atom stereocenters. The van der Waals surface area contributed by atoms with Crippen molar-refractivity contribution in [3.8, 4) is 17.2 Å². The van der Waals surface area contributed by atoms with Crippen molar-refractivity contribution in [2.24, 2.45) is 0 Å². The van der Waals surface area contributed by atoms with E-state index in [2.05, 4.69) is 15.0 Å². The molecule has 1 aliphatic heterocycles. The van der Waals surface area contributed by atoms with Crippen molar-refractivity contribution in [3.63, 3.8) is 0 Å². The first-order valence-corrected chi connectivity index (χ1v) is 15.4. The largest absolute Gasteiger partial charge is 0.495 e. The number of sulfonamides is 1. The summed E-state index contributed by atoms with van der Waals surface area (Å²) in [5, 5.41) is 15.5. The molecule has 1 saturated heterocycles. The van der Waals surface area contributed by atoms with Gasteiger partial charge in [-0.05, 0) is 74.1 Å². The first-order chi connectivity index (χ1) is 20.4. The molecule has 0 saturated carbocycles. The van der Waals surface area contributed by atoms with Gasteiger partial charge in [-0.1, -0.05) is 6.07 Å². The number of benzene rings is 2. The van der Waals surface area contributed by atoms with E-state index in [0.717, 1.165) is 28.9 Å². The summed E-state index contributed by atoms with van der Waals surface area (Å²) in [7, 11) is -0.632. The fraction of sp³-hybridized carbons (Fsp3) is 0.241. The van der Waals surface area contributed by atoms with Gasteiger partial charge in [0.25, 0.3) is 5.69 Å². The van der Waals surface area contributed by atoms with E-state index in [-0.39, 0.29) is 17.4 Å². The molecule has 0 amide bonds. The maximum absolute atomic E-state index is 12.1. The van der Waals surface area contributed by atoms with Crippen LogP contribution in [0.3, 0.4) is 0 Å². The van der Waals surface area contributed by atoms with Gasteiger partial charge in [-0.3, -0.25) is 19.8 Å². The Balaban J connectivity index is 1.71. The first-order valence-electron chi connectivity index (χ1n) is 13.1. The molecule has 1 aliphatic rings. The number of nitrogens with one attached hydrogen (secondary N) is 2. The third kappa shape index (κ3) is 5.70. The number of non-ortho nitro benzene ring substituents is 1. The molecule has 1 fully saturated rings. The summed E-state index contributed by atoms with van der Waals surface area (Å²) in [5.41, 5.74) is 4.59. The Hall–Kier alpha value is -4.69. The van der Waals surface area contributed by atoms with Gasteiger partial charge in [-0.2, -0.15) is 0 Å². The van der Waals surface area contributed by atoms with E-state index >= 15 is 0 Å². The van der Waals surface area contributed by atoms with Crippen LogP contribution < -0.4 is 24.4 Å². The van der Waals surface area contributed by atoms with Crippen molar-refractivity contribution in [3.05, 3.63) is 99.6 Å². The molecule has 0 radical (unpaired) electrons. The number of hydrogen-bond acceptors (Lipinski definition) is 8. The molecule has 3 heterocycles. The maximum Gasteiger partial charge on any atom is 0.271 e. The minimum absolute atomic E-state index is 0.0642. The maximum atomic E-state index is 12.1. The summed E-state index contributed by atoms with van der Waals surface area (Å²) in [6.45, 7) is 3.84. The van der Waals surface area contributed by atoms with E-state index in [1.165, 1.54) is 26.4 Å². The van der Waals surface area contributed by atoms with Gasteiger partial charge in [-0.15, -0.1) is 0 Å². The fourth-order valence-corrected chi connectivity index (χ4v) is 6.40. The third-order valence-corrected chi connectivity index (χ3v) is 8.16. The van der Waals surface area contributed by atoms with Crippen LogP contribution >= 0.6 is 12.2 Å². The van der Waals surface area contributed by atoms with Crippen LogP contribution in [0.15, 0.2) is 66.9 Å². The van der Waals surface area contributed by atoms with Crippen molar-refractivity contribution in [1.29, 1.82) is 0 Å². The minimum Gasteiger partial charge on any atom is -0.495 e. The molecule has 224 valence electrons. The van der Waals surface area contributed by atoms with E-state index < -0.39 is 21.0 Å². The Bertz CT molecular complexity index is 1830. The summed E-state index contributed by atoms with van der Waals surface area (Å²) in [6, 6.07) is 16.4. The predicted molar refractivity (Wildman–Crippen MR) is 168 cm³/mol. The summed E-state index contributed by atoms with van der Waals surface area (Å²) >= 11 is 5.87. The molecular formula is C29H30N6O6S2. The van der Waals surface area contributed by atoms with Gasteiger partial charge in [-0.25, -0.2) is 8.42 Å². The number of methoxy groups -OCH3 is 2. The molecule has 2 aromatic carbocycles. The van der Waals surface area contributed by atoms with Crippen LogP contribution in [0.5, 0.6) is 11.5 Å². The van der Waals surface area contributed by atoms with Crippen LogP contribution in [0.1, 0.15) is 34.7 Å². The lowest BCUT2D eigenvalue weighted by Crippen LogP contribution is -2.29. The van der Waals surface area contributed by atoms with Crippen molar-refractivity contribution in [2.45, 2.75) is 25.9 Å². The van der Waals surface area contributed by atoms with Crippen LogP contribution in [0.25, 0.3) is 5.69 Å². The number of nitrogens with zero attached hydrogens (tertiary/aromatic N) is 4. The number of aromatic nitrogens is 2. The topological polar surface area (TPSA) is 141 Å². The van der Waals surface area contributed by atoms with Crippen LogP contribution in [0.4, 0.5) is 17.1 Å². The first kappa shape index (κ1) is 29.8. The lowest BCUT2D eigenvalue weighted by molar-refractivity contribution is -0.384. The van der Waals surface area contributed by atoms with E-state index in [1.807, 2.05) is 47.6 Å². The summed E-state index contributed by atoms with van der Waals surface area (Å²) in [5.74, 6) is 0.824. The Labute approximate surface area is 254 Å². The van der Waals surface area contributed by atoms with Crippen molar-refractivity contribution >= 4 is 44.4 Å². The SMILES string of the molecule is COc1ccc(N2C(=S)N[C@H](c3ccccn3)[C@H]2c2cc(C)n(-c3cc([N+](=O)[O-])ccc3OC)c2C)cc1NS(C)(=O)=O. The van der Waals surface area contributed by atoms with Gasteiger partial charge in [0, 0.05) is 35.4 Å². The molecule has 2 aromatic heterocycles. The zero-order chi connectivity index (χ0) is 31.1. The summed E-state index contributed by atoms with van der Waals surface area (Å²) < 4.78 is 39.7. The lowest BCUT2D eigenvalue weighted by atomic mass is 9.96. The van der Waals surface area contributed by atoms with Gasteiger partial charge in [0.1, 0.15) is 11.5 Å². The second kappa shape index (κ2) is 11.5. The zero-order valence-corrected chi connectivity index (χ0v) is 25.7. The second-order valence-corrected chi connectivity index (χ2v) is 12.2. The van der Waals surface area contributed by atoms with Crippen LogP contribution in [-0.2, 0) is 10.0 Å². The number of aryl methyl sites for hydroxylation is 1. The monoisotopic (exact) mass is 622 g/mol. The molecule has 0 spiro atoms. The molecule has 2 N–H and O–H groups in total. The summed E-state index contributed by atoms with van der Waals surface area (Å²) in [6.07, 6.45) is 2.77. The third-order valence-electron chi connectivity index (χ3n) is 7.26. The van der Waals surface area contributed by atoms with E-state index in [0.29, 0.717) is 28.0 Å². The molecule has 43 heavy (non-hydrogen) atoms. The molecule has 0 bridgehead atoms. The predicted octanol–water partition coefficient (Wildman–Crippen LogP) is 4.96. The molecule has 4 aromatic rings. The van der Waals surface area contributed by atoms with Crippen LogP contribution in [-0.4, -0.2) is 48.5 Å². The number of nitro groups is 1. The van der Waals surface area contributed by atoms with Gasteiger partial charge < -0.3 is 24.3 Å². The number of ether oxygens (including phenoxy) is 2. The zero-order valence-electron chi connectivity index (χ0n) is 24.1. The number of anilines is 2. The molecule has 0 unspecified atom stereocenters. The lowest BCUT2D eigenvalue weighted by Gasteiger charge is -2.29. The minimum atomic E-state index is -3.61. The highest BCUT2D eigenvalue weighted by Gasteiger charge is 2.42. The van der Waals surface area contributed by atoms with Gasteiger partial charge >= 0.3 is 0 Å². The Morgan fingerprint density at radius 2 is 1.77 bits per heavy atom. The summed E-state index contributed by atoms with van der Waals surface area (Å²) in [4.78, 5) is 17.7.